The van der Waals surface area contributed by atoms with E-state index in [0.717, 1.165) is 5.56 Å². The first-order chi connectivity index (χ1) is 11.1. The highest BCUT2D eigenvalue weighted by molar-refractivity contribution is 8.14. The van der Waals surface area contributed by atoms with Crippen molar-refractivity contribution < 1.29 is 4.39 Å². The van der Waals surface area contributed by atoms with Gasteiger partial charge < -0.3 is 0 Å². The number of hydrogen-bond donors (Lipinski definition) is 0. The lowest BCUT2D eigenvalue weighted by Crippen LogP contribution is -2.11. The summed E-state index contributed by atoms with van der Waals surface area (Å²) >= 11 is 13.2. The monoisotopic (exact) mass is 365 g/mol. The second-order valence-electron chi connectivity index (χ2n) is 4.63. The molecule has 0 radical (unpaired) electrons. The normalized spacial score (nSPS) is 14.7. The van der Waals surface area contributed by atoms with E-state index in [9.17, 15) is 4.39 Å². The topological polar surface area (TPSA) is 37.1 Å². The highest BCUT2D eigenvalue weighted by atomic mass is 35.5. The second kappa shape index (κ2) is 7.25. The number of nitrogens with zero attached hydrogens (tertiary/aromatic N) is 3. The molecular formula is C16H10Cl2FN3S. The van der Waals surface area contributed by atoms with Gasteiger partial charge in [-0.3, -0.25) is 0 Å². The molecule has 0 N–H and O–H groups in total. The zero-order valence-electron chi connectivity index (χ0n) is 11.7. The highest BCUT2D eigenvalue weighted by Gasteiger charge is 2.16. The summed E-state index contributed by atoms with van der Waals surface area (Å²) < 4.78 is 13.6. The number of halogens is 3. The zero-order valence-corrected chi connectivity index (χ0v) is 14.0. The van der Waals surface area contributed by atoms with Crippen LogP contribution in [0.4, 0.5) is 4.39 Å². The van der Waals surface area contributed by atoms with E-state index >= 15 is 0 Å². The molecular weight excluding hydrogens is 356 g/mol. The molecule has 0 fully saturated rings. The van der Waals surface area contributed by atoms with Gasteiger partial charge in [0.25, 0.3) is 0 Å². The molecule has 23 heavy (non-hydrogen) atoms. The maximum Gasteiger partial charge on any atom is 0.209 e. The van der Waals surface area contributed by atoms with Crippen molar-refractivity contribution >= 4 is 52.1 Å². The van der Waals surface area contributed by atoms with Gasteiger partial charge in [0.1, 0.15) is 5.82 Å². The first-order valence-corrected chi connectivity index (χ1v) is 8.39. The first-order valence-electron chi connectivity index (χ1n) is 6.65. The van der Waals surface area contributed by atoms with Crippen molar-refractivity contribution in [2.45, 2.75) is 0 Å². The Labute approximate surface area is 146 Å². The van der Waals surface area contributed by atoms with Gasteiger partial charge in [0.15, 0.2) is 0 Å². The minimum absolute atomic E-state index is 0.0144. The number of hydrogen-bond acceptors (Lipinski definition) is 4. The van der Waals surface area contributed by atoms with Crippen molar-refractivity contribution in [1.29, 1.82) is 0 Å². The molecule has 0 unspecified atom stereocenters. The van der Waals surface area contributed by atoms with E-state index in [-0.39, 0.29) is 5.02 Å². The molecule has 0 aromatic heterocycles. The van der Waals surface area contributed by atoms with Gasteiger partial charge in [-0.25, -0.2) is 9.38 Å². The highest BCUT2D eigenvalue weighted by Crippen LogP contribution is 2.27. The lowest BCUT2D eigenvalue weighted by atomic mass is 10.1. The minimum atomic E-state index is -0.532. The van der Waals surface area contributed by atoms with Gasteiger partial charge in [-0.05, 0) is 17.7 Å². The SMILES string of the molecule is Fc1cc(C2=NN=C(/N=C\c3ccccc3)SC2)c(Cl)cc1Cl. The third kappa shape index (κ3) is 3.99. The van der Waals surface area contributed by atoms with E-state index in [0.29, 0.717) is 27.2 Å². The van der Waals surface area contributed by atoms with E-state index in [1.807, 2.05) is 30.3 Å². The molecule has 1 heterocycles. The maximum atomic E-state index is 13.6. The van der Waals surface area contributed by atoms with Crippen molar-refractivity contribution in [3.63, 3.8) is 0 Å². The Bertz CT molecular complexity index is 820. The summed E-state index contributed by atoms with van der Waals surface area (Å²) in [6.07, 6.45) is 1.72. The van der Waals surface area contributed by atoms with Crippen LogP contribution < -0.4 is 0 Å². The van der Waals surface area contributed by atoms with Crippen LogP contribution in [0.5, 0.6) is 0 Å². The fourth-order valence-electron chi connectivity index (χ4n) is 1.90. The predicted molar refractivity (Wildman–Crippen MR) is 96.9 cm³/mol. The Balaban J connectivity index is 1.81. The molecule has 0 aliphatic carbocycles. The van der Waals surface area contributed by atoms with Crippen LogP contribution in [0.1, 0.15) is 11.1 Å². The molecule has 2 aromatic carbocycles. The maximum absolute atomic E-state index is 13.6. The van der Waals surface area contributed by atoms with Crippen molar-refractivity contribution in [2.75, 3.05) is 5.75 Å². The number of aliphatic imine (C=N–C) groups is 1. The van der Waals surface area contributed by atoms with Crippen LogP contribution in [-0.4, -0.2) is 22.8 Å². The average molecular weight is 366 g/mol. The fraction of sp³-hybridized carbons (Fsp3) is 0.0625. The molecule has 0 amide bonds. The first kappa shape index (κ1) is 16.2. The van der Waals surface area contributed by atoms with E-state index in [4.69, 9.17) is 23.2 Å². The molecule has 0 saturated carbocycles. The van der Waals surface area contributed by atoms with Gasteiger partial charge in [-0.15, -0.1) is 5.10 Å². The third-order valence-electron chi connectivity index (χ3n) is 3.04. The molecule has 0 atom stereocenters. The largest absolute Gasteiger partial charge is 0.229 e. The van der Waals surface area contributed by atoms with Crippen molar-refractivity contribution in [3.8, 4) is 0 Å². The summed E-state index contributed by atoms with van der Waals surface area (Å²) in [5, 5.41) is 9.03. The molecule has 0 spiro atoms. The van der Waals surface area contributed by atoms with E-state index in [2.05, 4.69) is 15.2 Å². The Morgan fingerprint density at radius 1 is 1.09 bits per heavy atom. The van der Waals surface area contributed by atoms with Gasteiger partial charge >= 0.3 is 0 Å². The predicted octanol–water partition coefficient (Wildman–Crippen LogP) is 5.06. The van der Waals surface area contributed by atoms with Crippen LogP contribution in [0.25, 0.3) is 0 Å². The fourth-order valence-corrected chi connectivity index (χ4v) is 3.10. The summed E-state index contributed by atoms with van der Waals surface area (Å²) in [4.78, 5) is 4.29. The quantitative estimate of drug-likeness (QED) is 0.541. The van der Waals surface area contributed by atoms with Gasteiger partial charge in [0.2, 0.25) is 5.17 Å². The summed E-state index contributed by atoms with van der Waals surface area (Å²) in [5.74, 6) is -0.0261. The van der Waals surface area contributed by atoms with Crippen molar-refractivity contribution in [3.05, 3.63) is 69.5 Å². The smallest absolute Gasteiger partial charge is 0.209 e. The standard InChI is InChI=1S/C16H10Cl2FN3S/c17-12-7-13(18)14(19)6-11(12)15-9-23-16(22-21-15)20-8-10-4-2-1-3-5-10/h1-8H,9H2/b20-8-. The van der Waals surface area contributed by atoms with E-state index < -0.39 is 5.82 Å². The van der Waals surface area contributed by atoms with Gasteiger partial charge in [-0.2, -0.15) is 5.10 Å². The molecule has 1 aliphatic rings. The molecule has 2 aromatic rings. The average Bonchev–Trinajstić information content (AvgIpc) is 2.58. The van der Waals surface area contributed by atoms with Crippen LogP contribution in [0, 0.1) is 5.82 Å². The van der Waals surface area contributed by atoms with Gasteiger partial charge in [-0.1, -0.05) is 65.3 Å². The minimum Gasteiger partial charge on any atom is -0.229 e. The summed E-state index contributed by atoms with van der Waals surface area (Å²) in [5.41, 5.74) is 2.07. The lowest BCUT2D eigenvalue weighted by molar-refractivity contribution is 0.628. The molecule has 1 aliphatic heterocycles. The molecule has 7 heteroatoms. The number of rotatable bonds is 2. The second-order valence-corrected chi connectivity index (χ2v) is 6.39. The Morgan fingerprint density at radius 3 is 2.57 bits per heavy atom. The number of benzene rings is 2. The zero-order chi connectivity index (χ0) is 16.2. The van der Waals surface area contributed by atoms with Gasteiger partial charge in [0, 0.05) is 17.5 Å². The molecule has 0 saturated heterocycles. The van der Waals surface area contributed by atoms with Crippen molar-refractivity contribution in [2.24, 2.45) is 15.2 Å². The van der Waals surface area contributed by atoms with Crippen LogP contribution in [-0.2, 0) is 0 Å². The third-order valence-corrected chi connectivity index (χ3v) is 4.50. The molecule has 116 valence electrons. The number of amidine groups is 1. The van der Waals surface area contributed by atoms with E-state index in [1.165, 1.54) is 23.9 Å². The summed E-state index contributed by atoms with van der Waals surface area (Å²) in [7, 11) is 0. The number of thioether (sulfide) groups is 1. The van der Waals surface area contributed by atoms with Crippen LogP contribution in [0.15, 0.2) is 57.7 Å². The Morgan fingerprint density at radius 2 is 1.87 bits per heavy atom. The van der Waals surface area contributed by atoms with Crippen LogP contribution >= 0.6 is 35.0 Å². The van der Waals surface area contributed by atoms with Crippen molar-refractivity contribution in [1.82, 2.24) is 0 Å². The molecule has 3 rings (SSSR count). The van der Waals surface area contributed by atoms with Crippen LogP contribution in [0.2, 0.25) is 10.0 Å². The molecule has 0 bridgehead atoms. The summed E-state index contributed by atoms with van der Waals surface area (Å²) in [6, 6.07) is 12.3. The molecule has 3 nitrogen and oxygen atoms in total. The van der Waals surface area contributed by atoms with E-state index in [1.54, 1.807) is 6.21 Å². The van der Waals surface area contributed by atoms with Gasteiger partial charge in [0.05, 0.1) is 15.8 Å². The van der Waals surface area contributed by atoms with Crippen LogP contribution in [0.3, 0.4) is 0 Å². The summed E-state index contributed by atoms with van der Waals surface area (Å²) in [6.45, 7) is 0. The Hall–Kier alpha value is -1.69. The Kier molecular flexibility index (Phi) is 5.10. The lowest BCUT2D eigenvalue weighted by Gasteiger charge is -2.11.